The van der Waals surface area contributed by atoms with Crippen LogP contribution in [0.5, 0.6) is 0 Å². The van der Waals surface area contributed by atoms with Crippen molar-refractivity contribution in [3.63, 3.8) is 0 Å². The predicted molar refractivity (Wildman–Crippen MR) is 65.2 cm³/mol. The van der Waals surface area contributed by atoms with Crippen LogP contribution in [0.3, 0.4) is 0 Å². The average molecular weight is 225 g/mol. The van der Waals surface area contributed by atoms with E-state index in [9.17, 15) is 4.79 Å². The van der Waals surface area contributed by atoms with Gasteiger partial charge in [0.25, 0.3) is 0 Å². The molecular formula is C12H19NOS. The van der Waals surface area contributed by atoms with Gasteiger partial charge in [-0.15, -0.1) is 0 Å². The van der Waals surface area contributed by atoms with E-state index in [1.165, 1.54) is 0 Å². The lowest BCUT2D eigenvalue weighted by Gasteiger charge is -2.28. The molecule has 1 rings (SSSR count). The Morgan fingerprint density at radius 1 is 1.40 bits per heavy atom. The summed E-state index contributed by atoms with van der Waals surface area (Å²) in [5.74, 6) is 0.269. The van der Waals surface area contributed by atoms with Gasteiger partial charge in [0, 0.05) is 5.41 Å². The van der Waals surface area contributed by atoms with Gasteiger partial charge in [-0.2, -0.15) is 11.3 Å². The van der Waals surface area contributed by atoms with Crippen LogP contribution in [0.1, 0.15) is 32.4 Å². The lowest BCUT2D eigenvalue weighted by molar-refractivity contribution is -0.131. The van der Waals surface area contributed by atoms with Crippen molar-refractivity contribution in [1.82, 2.24) is 4.90 Å². The van der Waals surface area contributed by atoms with Crippen LogP contribution in [-0.4, -0.2) is 24.8 Å². The van der Waals surface area contributed by atoms with Gasteiger partial charge in [-0.3, -0.25) is 9.69 Å². The van der Waals surface area contributed by atoms with E-state index < -0.39 is 0 Å². The Bertz CT molecular complexity index is 322. The highest BCUT2D eigenvalue weighted by Crippen LogP contribution is 2.29. The summed E-state index contributed by atoms with van der Waals surface area (Å²) < 4.78 is 0. The Hall–Kier alpha value is -0.670. The second-order valence-electron chi connectivity index (χ2n) is 5.04. The average Bonchev–Trinajstić information content (AvgIpc) is 2.54. The van der Waals surface area contributed by atoms with Crippen molar-refractivity contribution < 1.29 is 4.79 Å². The van der Waals surface area contributed by atoms with Crippen molar-refractivity contribution >= 4 is 17.1 Å². The van der Waals surface area contributed by atoms with Gasteiger partial charge >= 0.3 is 0 Å². The van der Waals surface area contributed by atoms with Crippen LogP contribution in [0.15, 0.2) is 16.8 Å². The minimum atomic E-state index is -0.295. The first-order chi connectivity index (χ1) is 6.84. The van der Waals surface area contributed by atoms with Crippen molar-refractivity contribution in [2.45, 2.75) is 26.8 Å². The molecule has 0 fully saturated rings. The standard InChI is InChI=1S/C12H19NOS/c1-12(2,3)11(14)10(13(4)5)9-6-7-15-8-9/h6-8,10H,1-5H3. The third-order valence-electron chi connectivity index (χ3n) is 2.36. The molecule has 0 aliphatic rings. The van der Waals surface area contributed by atoms with Gasteiger partial charge in [0.15, 0.2) is 5.78 Å². The van der Waals surface area contributed by atoms with Gasteiger partial charge in [-0.25, -0.2) is 0 Å². The molecule has 0 amide bonds. The summed E-state index contributed by atoms with van der Waals surface area (Å²) in [5.41, 5.74) is 0.807. The summed E-state index contributed by atoms with van der Waals surface area (Å²) >= 11 is 1.63. The van der Waals surface area contributed by atoms with Crippen LogP contribution in [0.25, 0.3) is 0 Å². The third-order valence-corrected chi connectivity index (χ3v) is 3.06. The highest BCUT2D eigenvalue weighted by Gasteiger charge is 2.32. The first-order valence-corrected chi connectivity index (χ1v) is 6.01. The Balaban J connectivity index is 3.00. The fraction of sp³-hybridized carbons (Fsp3) is 0.583. The Morgan fingerprint density at radius 3 is 2.33 bits per heavy atom. The predicted octanol–water partition coefficient (Wildman–Crippen LogP) is 2.97. The van der Waals surface area contributed by atoms with Crippen LogP contribution >= 0.6 is 11.3 Å². The molecule has 0 spiro atoms. The summed E-state index contributed by atoms with van der Waals surface area (Å²) in [6, 6.07) is 1.91. The number of likely N-dealkylation sites (N-methyl/N-ethyl adjacent to an activating group) is 1. The zero-order valence-electron chi connectivity index (χ0n) is 10.1. The Labute approximate surface area is 95.9 Å². The summed E-state index contributed by atoms with van der Waals surface area (Å²) in [5, 5.41) is 4.07. The molecule has 0 saturated heterocycles. The van der Waals surface area contributed by atoms with E-state index in [4.69, 9.17) is 0 Å². The summed E-state index contributed by atoms with van der Waals surface area (Å²) in [6.07, 6.45) is 0. The number of rotatable bonds is 3. The zero-order valence-corrected chi connectivity index (χ0v) is 10.9. The minimum absolute atomic E-state index is 0.115. The zero-order chi connectivity index (χ0) is 11.6. The summed E-state index contributed by atoms with van der Waals surface area (Å²) in [7, 11) is 3.90. The van der Waals surface area contributed by atoms with Crippen molar-refractivity contribution in [1.29, 1.82) is 0 Å². The van der Waals surface area contributed by atoms with E-state index in [-0.39, 0.29) is 17.2 Å². The SMILES string of the molecule is CN(C)C(C(=O)C(C)(C)C)c1ccsc1. The molecule has 1 atom stereocenters. The molecule has 0 aromatic carbocycles. The fourth-order valence-corrected chi connectivity index (χ4v) is 2.20. The number of carbonyl (C=O) groups excluding carboxylic acids is 1. The number of ketones is 1. The maximum Gasteiger partial charge on any atom is 0.159 e. The number of hydrogen-bond donors (Lipinski definition) is 0. The molecule has 0 aliphatic carbocycles. The van der Waals surface area contributed by atoms with Crippen molar-refractivity contribution in [2.75, 3.05) is 14.1 Å². The number of carbonyl (C=O) groups is 1. The number of nitrogens with zero attached hydrogens (tertiary/aromatic N) is 1. The van der Waals surface area contributed by atoms with Gasteiger partial charge in [0.05, 0.1) is 6.04 Å². The van der Waals surface area contributed by atoms with Gasteiger partial charge < -0.3 is 0 Å². The van der Waals surface area contributed by atoms with Crippen molar-refractivity contribution in [3.05, 3.63) is 22.4 Å². The highest BCUT2D eigenvalue weighted by molar-refractivity contribution is 7.08. The van der Waals surface area contributed by atoms with Gasteiger partial charge in [-0.05, 0) is 36.5 Å². The van der Waals surface area contributed by atoms with Gasteiger partial charge in [-0.1, -0.05) is 20.8 Å². The molecule has 0 aliphatic heterocycles. The van der Waals surface area contributed by atoms with Crippen LogP contribution in [0.4, 0.5) is 0 Å². The molecule has 1 unspecified atom stereocenters. The summed E-state index contributed by atoms with van der Waals surface area (Å²) in [4.78, 5) is 14.2. The van der Waals surface area contributed by atoms with E-state index in [1.54, 1.807) is 11.3 Å². The van der Waals surface area contributed by atoms with Crippen LogP contribution in [0.2, 0.25) is 0 Å². The maximum atomic E-state index is 12.3. The van der Waals surface area contributed by atoms with Gasteiger partial charge in [0.1, 0.15) is 0 Å². The first-order valence-electron chi connectivity index (χ1n) is 5.07. The number of thiophene rings is 1. The molecule has 1 heterocycles. The molecule has 0 N–H and O–H groups in total. The molecule has 2 nitrogen and oxygen atoms in total. The van der Waals surface area contributed by atoms with E-state index in [0.717, 1.165) is 5.56 Å². The van der Waals surface area contributed by atoms with Gasteiger partial charge in [0.2, 0.25) is 0 Å². The van der Waals surface area contributed by atoms with Crippen LogP contribution in [-0.2, 0) is 4.79 Å². The molecule has 1 aromatic rings. The van der Waals surface area contributed by atoms with Crippen LogP contribution in [0, 0.1) is 5.41 Å². The monoisotopic (exact) mass is 225 g/mol. The second kappa shape index (κ2) is 4.45. The maximum absolute atomic E-state index is 12.3. The lowest BCUT2D eigenvalue weighted by atomic mass is 9.84. The molecule has 84 valence electrons. The lowest BCUT2D eigenvalue weighted by Crippen LogP contribution is -2.35. The van der Waals surface area contributed by atoms with Crippen molar-refractivity contribution in [2.24, 2.45) is 5.41 Å². The molecular weight excluding hydrogens is 206 g/mol. The van der Waals surface area contributed by atoms with Crippen LogP contribution < -0.4 is 0 Å². The van der Waals surface area contributed by atoms with E-state index in [1.807, 2.05) is 56.6 Å². The quantitative estimate of drug-likeness (QED) is 0.788. The smallest absolute Gasteiger partial charge is 0.159 e. The first kappa shape index (κ1) is 12.4. The molecule has 3 heteroatoms. The molecule has 15 heavy (non-hydrogen) atoms. The Kier molecular flexibility index (Phi) is 3.68. The fourth-order valence-electron chi connectivity index (χ4n) is 1.52. The van der Waals surface area contributed by atoms with Crippen molar-refractivity contribution in [3.8, 4) is 0 Å². The highest BCUT2D eigenvalue weighted by atomic mass is 32.1. The molecule has 0 saturated carbocycles. The van der Waals surface area contributed by atoms with E-state index in [0.29, 0.717) is 0 Å². The molecule has 0 radical (unpaired) electrons. The summed E-state index contributed by atoms with van der Waals surface area (Å²) in [6.45, 7) is 5.91. The number of Topliss-reactive ketones (excluding diaryl/α,β-unsaturated/α-hetero) is 1. The topological polar surface area (TPSA) is 20.3 Å². The Morgan fingerprint density at radius 2 is 2.00 bits per heavy atom. The van der Waals surface area contributed by atoms with E-state index in [2.05, 4.69) is 0 Å². The normalized spacial score (nSPS) is 14.3. The molecule has 0 bridgehead atoms. The minimum Gasteiger partial charge on any atom is -0.297 e. The second-order valence-corrected chi connectivity index (χ2v) is 5.82. The van der Waals surface area contributed by atoms with E-state index >= 15 is 0 Å². The third kappa shape index (κ3) is 2.89. The number of hydrogen-bond acceptors (Lipinski definition) is 3. The largest absolute Gasteiger partial charge is 0.297 e. The molecule has 1 aromatic heterocycles.